The Morgan fingerprint density at radius 2 is 2.20 bits per heavy atom. The van der Waals surface area contributed by atoms with Crippen LogP contribution in [0, 0.1) is 0 Å². The Bertz CT molecular complexity index is 1020. The van der Waals surface area contributed by atoms with E-state index in [2.05, 4.69) is 48.8 Å². The van der Waals surface area contributed by atoms with Crippen LogP contribution in [0.3, 0.4) is 0 Å². The van der Waals surface area contributed by atoms with Crippen LogP contribution in [0.15, 0.2) is 36.8 Å². The maximum atomic E-state index is 9.80. The molecule has 30 heavy (non-hydrogen) atoms. The minimum absolute atomic E-state index is 0.0233. The molecule has 8 nitrogen and oxygen atoms in total. The maximum absolute atomic E-state index is 9.80. The van der Waals surface area contributed by atoms with Gasteiger partial charge in [-0.25, -0.2) is 9.97 Å². The number of hydrogen-bond donors (Lipinski definition) is 2. The van der Waals surface area contributed by atoms with Gasteiger partial charge in [-0.3, -0.25) is 14.3 Å². The molecule has 5 rings (SSSR count). The predicted octanol–water partition coefficient (Wildman–Crippen LogP) is 1.40. The molecule has 8 heteroatoms. The fraction of sp³-hybridized carbons (Fsp3) is 0.500. The fourth-order valence-electron chi connectivity index (χ4n) is 4.81. The summed E-state index contributed by atoms with van der Waals surface area (Å²) in [6.45, 7) is 3.31. The van der Waals surface area contributed by atoms with Gasteiger partial charge >= 0.3 is 0 Å². The molecule has 0 radical (unpaired) electrons. The first kappa shape index (κ1) is 19.4. The number of piperazine rings is 1. The standard InChI is InChI=1S/C22H29N7O/c1-27(19-6-2-4-16-5-3-8-24-21(16)19)13-17-14-29-20(26-17)7-9-25-22(29)28-11-10-23-12-18(28)15-30/h3,5,7-9,14,18-19,23,30H,2,4,6,10-13,15H2,1H3. The average molecular weight is 408 g/mol. The summed E-state index contributed by atoms with van der Waals surface area (Å²) in [5.74, 6) is 0.846. The van der Waals surface area contributed by atoms with E-state index in [-0.39, 0.29) is 12.6 Å². The van der Waals surface area contributed by atoms with Crippen molar-refractivity contribution in [3.8, 4) is 0 Å². The van der Waals surface area contributed by atoms with Gasteiger partial charge in [-0.1, -0.05) is 6.07 Å². The number of aliphatic hydroxyl groups is 1. The molecule has 1 aliphatic heterocycles. The van der Waals surface area contributed by atoms with E-state index in [9.17, 15) is 5.11 Å². The number of aliphatic hydroxyl groups excluding tert-OH is 1. The molecule has 158 valence electrons. The highest BCUT2D eigenvalue weighted by molar-refractivity contribution is 5.48. The summed E-state index contributed by atoms with van der Waals surface area (Å²) in [5.41, 5.74) is 4.49. The van der Waals surface area contributed by atoms with Crippen molar-refractivity contribution in [2.75, 3.05) is 38.2 Å². The fourth-order valence-corrected chi connectivity index (χ4v) is 4.81. The third-order valence-corrected chi connectivity index (χ3v) is 6.34. The Labute approximate surface area is 176 Å². The molecule has 2 N–H and O–H groups in total. The lowest BCUT2D eigenvalue weighted by molar-refractivity contribution is 0.206. The van der Waals surface area contributed by atoms with Crippen LogP contribution in [0.1, 0.15) is 35.8 Å². The second kappa shape index (κ2) is 8.29. The van der Waals surface area contributed by atoms with Gasteiger partial charge in [-0.05, 0) is 44.0 Å². The molecule has 0 amide bonds. The van der Waals surface area contributed by atoms with E-state index in [1.165, 1.54) is 17.7 Å². The molecule has 3 aromatic rings. The first-order chi connectivity index (χ1) is 14.7. The number of nitrogens with one attached hydrogen (secondary N) is 1. The lowest BCUT2D eigenvalue weighted by Crippen LogP contribution is -2.54. The summed E-state index contributed by atoms with van der Waals surface area (Å²) in [5, 5.41) is 13.1. The van der Waals surface area contributed by atoms with Crippen molar-refractivity contribution in [3.63, 3.8) is 0 Å². The topological polar surface area (TPSA) is 81.8 Å². The number of hydrogen-bond acceptors (Lipinski definition) is 7. The van der Waals surface area contributed by atoms with Crippen LogP contribution < -0.4 is 10.2 Å². The van der Waals surface area contributed by atoms with Crippen molar-refractivity contribution in [2.24, 2.45) is 0 Å². The summed E-state index contributed by atoms with van der Waals surface area (Å²) < 4.78 is 2.06. The minimum atomic E-state index is 0.0233. The lowest BCUT2D eigenvalue weighted by Gasteiger charge is -2.35. The molecule has 2 atom stereocenters. The van der Waals surface area contributed by atoms with Crippen molar-refractivity contribution in [3.05, 3.63) is 53.7 Å². The molecule has 0 spiro atoms. The highest BCUT2D eigenvalue weighted by atomic mass is 16.3. The smallest absolute Gasteiger partial charge is 0.211 e. The molecule has 1 fully saturated rings. The Balaban J connectivity index is 1.41. The normalized spacial score (nSPS) is 21.9. The number of anilines is 1. The van der Waals surface area contributed by atoms with Gasteiger partial charge in [0.2, 0.25) is 5.95 Å². The van der Waals surface area contributed by atoms with Crippen LogP contribution in [-0.2, 0) is 13.0 Å². The Morgan fingerprint density at radius 1 is 1.27 bits per heavy atom. The van der Waals surface area contributed by atoms with E-state index < -0.39 is 0 Å². The third kappa shape index (κ3) is 3.55. The molecule has 0 aromatic carbocycles. The lowest BCUT2D eigenvalue weighted by atomic mass is 9.91. The van der Waals surface area contributed by atoms with Crippen LogP contribution in [-0.4, -0.2) is 68.7 Å². The Hall–Kier alpha value is -2.55. The second-order valence-corrected chi connectivity index (χ2v) is 8.31. The number of imidazole rings is 1. The number of nitrogens with zero attached hydrogens (tertiary/aromatic N) is 6. The van der Waals surface area contributed by atoms with Gasteiger partial charge in [0.05, 0.1) is 30.1 Å². The average Bonchev–Trinajstić information content (AvgIpc) is 3.21. The zero-order valence-electron chi connectivity index (χ0n) is 17.4. The van der Waals surface area contributed by atoms with Crippen molar-refractivity contribution in [1.82, 2.24) is 29.6 Å². The molecule has 1 saturated heterocycles. The van der Waals surface area contributed by atoms with Crippen molar-refractivity contribution < 1.29 is 5.11 Å². The van der Waals surface area contributed by atoms with E-state index >= 15 is 0 Å². The quantitative estimate of drug-likeness (QED) is 0.662. The summed E-state index contributed by atoms with van der Waals surface area (Å²) >= 11 is 0. The second-order valence-electron chi connectivity index (χ2n) is 8.31. The molecular formula is C22H29N7O. The Morgan fingerprint density at radius 3 is 3.10 bits per heavy atom. The molecule has 0 bridgehead atoms. The van der Waals surface area contributed by atoms with Gasteiger partial charge in [0.25, 0.3) is 0 Å². The zero-order chi connectivity index (χ0) is 20.5. The molecule has 2 aliphatic rings. The van der Waals surface area contributed by atoms with Crippen molar-refractivity contribution in [2.45, 2.75) is 37.9 Å². The molecule has 0 saturated carbocycles. The van der Waals surface area contributed by atoms with Crippen LogP contribution in [0.2, 0.25) is 0 Å². The van der Waals surface area contributed by atoms with E-state index in [1.54, 1.807) is 0 Å². The summed E-state index contributed by atoms with van der Waals surface area (Å²) in [6.07, 6.45) is 9.24. The minimum Gasteiger partial charge on any atom is -0.394 e. The highest BCUT2D eigenvalue weighted by Gasteiger charge is 2.27. The number of aryl methyl sites for hydroxylation is 1. The number of pyridine rings is 1. The van der Waals surface area contributed by atoms with Gasteiger partial charge in [0.1, 0.15) is 5.65 Å². The summed E-state index contributed by atoms with van der Waals surface area (Å²) in [7, 11) is 2.16. The first-order valence-corrected chi connectivity index (χ1v) is 10.8. The Kier molecular flexibility index (Phi) is 5.37. The molecule has 4 heterocycles. The van der Waals surface area contributed by atoms with Gasteiger partial charge < -0.3 is 15.3 Å². The van der Waals surface area contributed by atoms with Crippen molar-refractivity contribution in [1.29, 1.82) is 0 Å². The molecule has 3 aromatic heterocycles. The van der Waals surface area contributed by atoms with E-state index in [1.807, 2.05) is 24.5 Å². The van der Waals surface area contributed by atoms with Crippen molar-refractivity contribution >= 4 is 11.6 Å². The maximum Gasteiger partial charge on any atom is 0.211 e. The largest absolute Gasteiger partial charge is 0.394 e. The molecule has 2 unspecified atom stereocenters. The molecule has 1 aliphatic carbocycles. The van der Waals surface area contributed by atoms with Crippen LogP contribution in [0.4, 0.5) is 5.95 Å². The highest BCUT2D eigenvalue weighted by Crippen LogP contribution is 2.32. The van der Waals surface area contributed by atoms with E-state index in [0.29, 0.717) is 6.04 Å². The monoisotopic (exact) mass is 407 g/mol. The van der Waals surface area contributed by atoms with Crippen LogP contribution in [0.5, 0.6) is 0 Å². The summed E-state index contributed by atoms with van der Waals surface area (Å²) in [6, 6.07) is 6.53. The van der Waals surface area contributed by atoms with Crippen LogP contribution >= 0.6 is 0 Å². The van der Waals surface area contributed by atoms with E-state index in [4.69, 9.17) is 4.98 Å². The molecular weight excluding hydrogens is 378 g/mol. The SMILES string of the molecule is CN(Cc1cn2c(N3CCNCC3CO)nccc2n1)C1CCCc2cccnc21. The number of rotatable bonds is 5. The number of fused-ring (bicyclic) bond motifs is 2. The first-order valence-electron chi connectivity index (χ1n) is 10.8. The van der Waals surface area contributed by atoms with Gasteiger partial charge in [-0.2, -0.15) is 0 Å². The zero-order valence-corrected chi connectivity index (χ0v) is 17.4. The number of aromatic nitrogens is 4. The third-order valence-electron chi connectivity index (χ3n) is 6.34. The van der Waals surface area contributed by atoms with E-state index in [0.717, 1.165) is 56.3 Å². The van der Waals surface area contributed by atoms with Gasteiger partial charge in [0, 0.05) is 44.8 Å². The predicted molar refractivity (Wildman–Crippen MR) is 115 cm³/mol. The van der Waals surface area contributed by atoms with Crippen LogP contribution in [0.25, 0.3) is 5.65 Å². The van der Waals surface area contributed by atoms with Gasteiger partial charge in [0.15, 0.2) is 0 Å². The van der Waals surface area contributed by atoms with Gasteiger partial charge in [-0.15, -0.1) is 0 Å². The summed E-state index contributed by atoms with van der Waals surface area (Å²) in [4.78, 5) is 18.7.